The van der Waals surface area contributed by atoms with Crippen LogP contribution < -0.4 is 0 Å². The number of hydrogen-bond acceptors (Lipinski definition) is 5. The molecule has 6 nitrogen and oxygen atoms in total. The first-order valence-corrected chi connectivity index (χ1v) is 7.98. The topological polar surface area (TPSA) is 60.0 Å². The summed E-state index contributed by atoms with van der Waals surface area (Å²) >= 11 is 0. The Kier molecular flexibility index (Phi) is 3.67. The smallest absolute Gasteiger partial charge is 0.240 e. The van der Waals surface area contributed by atoms with Crippen LogP contribution in [-0.4, -0.2) is 24.8 Å². The van der Waals surface area contributed by atoms with Crippen LogP contribution in [0.1, 0.15) is 36.3 Å². The van der Waals surface area contributed by atoms with Gasteiger partial charge in [0.15, 0.2) is 5.82 Å². The van der Waals surface area contributed by atoms with Crippen LogP contribution in [0.4, 0.5) is 0 Å². The monoisotopic (exact) mass is 309 g/mol. The highest BCUT2D eigenvalue weighted by atomic mass is 16.5. The van der Waals surface area contributed by atoms with E-state index in [0.29, 0.717) is 12.4 Å². The summed E-state index contributed by atoms with van der Waals surface area (Å²) in [5.74, 6) is 1.49. The molecule has 0 bridgehead atoms. The van der Waals surface area contributed by atoms with E-state index < -0.39 is 0 Å². The average molecular weight is 309 g/mol. The predicted octanol–water partition coefficient (Wildman–Crippen LogP) is 2.72. The molecule has 0 N–H and O–H groups in total. The summed E-state index contributed by atoms with van der Waals surface area (Å²) in [7, 11) is 0. The lowest BCUT2D eigenvalue weighted by Gasteiger charge is -2.12. The second kappa shape index (κ2) is 5.96. The molecule has 0 unspecified atom stereocenters. The fraction of sp³-hybridized carbons (Fsp3) is 0.353. The third kappa shape index (κ3) is 2.77. The van der Waals surface area contributed by atoms with E-state index in [9.17, 15) is 0 Å². The molecule has 3 heterocycles. The van der Waals surface area contributed by atoms with Gasteiger partial charge in [0, 0.05) is 25.1 Å². The van der Waals surface area contributed by atoms with Gasteiger partial charge in [-0.15, -0.1) is 0 Å². The maximum atomic E-state index is 5.34. The summed E-state index contributed by atoms with van der Waals surface area (Å²) in [5, 5.41) is 8.54. The Hall–Kier alpha value is -2.47. The van der Waals surface area contributed by atoms with Crippen LogP contribution in [0.25, 0.3) is 5.69 Å². The molecule has 0 radical (unpaired) electrons. The molecule has 0 amide bonds. The molecule has 23 heavy (non-hydrogen) atoms. The van der Waals surface area contributed by atoms with Crippen molar-refractivity contribution in [3.8, 4) is 5.69 Å². The number of rotatable bonds is 5. The molecule has 1 aromatic carbocycles. The largest absolute Gasteiger partial charge is 0.338 e. The number of aromatic nitrogens is 4. The molecule has 0 spiro atoms. The van der Waals surface area contributed by atoms with Crippen molar-refractivity contribution in [2.24, 2.45) is 0 Å². The fourth-order valence-electron chi connectivity index (χ4n) is 2.99. The third-order valence-electron chi connectivity index (χ3n) is 4.07. The fourth-order valence-corrected chi connectivity index (χ4v) is 2.99. The van der Waals surface area contributed by atoms with Gasteiger partial charge < -0.3 is 4.52 Å². The van der Waals surface area contributed by atoms with Gasteiger partial charge in [0.2, 0.25) is 5.89 Å². The number of hydrogen-bond donors (Lipinski definition) is 0. The normalized spacial score (nSPS) is 14.3. The Morgan fingerprint density at radius 2 is 2.04 bits per heavy atom. The molecular formula is C17H19N5O. The first-order valence-electron chi connectivity index (χ1n) is 7.98. The minimum Gasteiger partial charge on any atom is -0.338 e. The first-order chi connectivity index (χ1) is 11.3. The Morgan fingerprint density at radius 1 is 1.17 bits per heavy atom. The van der Waals surface area contributed by atoms with E-state index in [4.69, 9.17) is 4.52 Å². The zero-order chi connectivity index (χ0) is 15.6. The zero-order valence-corrected chi connectivity index (χ0v) is 13.1. The van der Waals surface area contributed by atoms with Gasteiger partial charge in [-0.1, -0.05) is 30.3 Å². The predicted molar refractivity (Wildman–Crippen MR) is 84.8 cm³/mol. The Morgan fingerprint density at radius 3 is 2.87 bits per heavy atom. The minimum absolute atomic E-state index is 0.681. The first kappa shape index (κ1) is 14.1. The van der Waals surface area contributed by atoms with Gasteiger partial charge in [0.05, 0.1) is 24.1 Å². The maximum Gasteiger partial charge on any atom is 0.240 e. The lowest BCUT2D eigenvalue weighted by Crippen LogP contribution is -2.17. The molecule has 2 aromatic heterocycles. The van der Waals surface area contributed by atoms with Crippen molar-refractivity contribution in [2.75, 3.05) is 0 Å². The molecule has 3 aromatic rings. The molecular weight excluding hydrogens is 290 g/mol. The van der Waals surface area contributed by atoms with E-state index in [0.717, 1.165) is 37.4 Å². The van der Waals surface area contributed by atoms with Gasteiger partial charge in [0.25, 0.3) is 0 Å². The van der Waals surface area contributed by atoms with Crippen molar-refractivity contribution >= 4 is 0 Å². The summed E-state index contributed by atoms with van der Waals surface area (Å²) in [6.45, 7) is 4.51. The maximum absolute atomic E-state index is 5.34. The van der Waals surface area contributed by atoms with E-state index in [1.807, 2.05) is 29.1 Å². The molecule has 1 aliphatic heterocycles. The number of nitrogens with zero attached hydrogens (tertiary/aromatic N) is 5. The van der Waals surface area contributed by atoms with Crippen LogP contribution in [0.2, 0.25) is 0 Å². The highest BCUT2D eigenvalue weighted by Gasteiger charge is 2.25. The summed E-state index contributed by atoms with van der Waals surface area (Å²) in [6, 6.07) is 10.2. The number of benzene rings is 1. The van der Waals surface area contributed by atoms with Crippen LogP contribution in [-0.2, 0) is 26.1 Å². The molecule has 0 aliphatic carbocycles. The SMILES string of the molecule is CCCc1noc(CN2Cc3cnn(-c4ccccc4)c3C2)n1. The van der Waals surface area contributed by atoms with Crippen molar-refractivity contribution in [1.29, 1.82) is 0 Å². The third-order valence-corrected chi connectivity index (χ3v) is 4.07. The van der Waals surface area contributed by atoms with E-state index in [2.05, 4.69) is 39.2 Å². The van der Waals surface area contributed by atoms with Crippen LogP contribution in [0, 0.1) is 0 Å². The molecule has 0 fully saturated rings. The molecule has 0 saturated carbocycles. The number of para-hydroxylation sites is 1. The molecule has 0 saturated heterocycles. The van der Waals surface area contributed by atoms with Crippen LogP contribution >= 0.6 is 0 Å². The van der Waals surface area contributed by atoms with Gasteiger partial charge in [-0.2, -0.15) is 10.1 Å². The number of aryl methyl sites for hydroxylation is 1. The van der Waals surface area contributed by atoms with Gasteiger partial charge >= 0.3 is 0 Å². The van der Waals surface area contributed by atoms with Gasteiger partial charge in [-0.25, -0.2) is 4.68 Å². The van der Waals surface area contributed by atoms with Gasteiger partial charge in [-0.3, -0.25) is 4.90 Å². The summed E-state index contributed by atoms with van der Waals surface area (Å²) in [4.78, 5) is 6.75. The van der Waals surface area contributed by atoms with Crippen molar-refractivity contribution in [1.82, 2.24) is 24.8 Å². The quantitative estimate of drug-likeness (QED) is 0.725. The zero-order valence-electron chi connectivity index (χ0n) is 13.1. The van der Waals surface area contributed by atoms with Gasteiger partial charge in [0.1, 0.15) is 0 Å². The summed E-state index contributed by atoms with van der Waals surface area (Å²) in [6.07, 6.45) is 3.85. The van der Waals surface area contributed by atoms with E-state index in [1.54, 1.807) is 0 Å². The summed E-state index contributed by atoms with van der Waals surface area (Å²) < 4.78 is 7.36. The average Bonchev–Trinajstić information content (AvgIpc) is 3.25. The minimum atomic E-state index is 0.681. The summed E-state index contributed by atoms with van der Waals surface area (Å²) in [5.41, 5.74) is 3.60. The molecule has 6 heteroatoms. The van der Waals surface area contributed by atoms with Crippen molar-refractivity contribution < 1.29 is 4.52 Å². The lowest BCUT2D eigenvalue weighted by molar-refractivity contribution is 0.227. The second-order valence-electron chi connectivity index (χ2n) is 5.86. The van der Waals surface area contributed by atoms with E-state index in [1.165, 1.54) is 11.3 Å². The van der Waals surface area contributed by atoms with Crippen LogP contribution in [0.3, 0.4) is 0 Å². The molecule has 0 atom stereocenters. The molecule has 4 rings (SSSR count). The lowest BCUT2D eigenvalue weighted by atomic mass is 10.3. The van der Waals surface area contributed by atoms with Gasteiger partial charge in [-0.05, 0) is 18.6 Å². The Labute approximate surface area is 134 Å². The second-order valence-corrected chi connectivity index (χ2v) is 5.86. The van der Waals surface area contributed by atoms with Crippen LogP contribution in [0.5, 0.6) is 0 Å². The standard InChI is InChI=1S/C17H19N5O/c1-2-6-16-19-17(23-20-16)12-21-10-13-9-18-22(15(13)11-21)14-7-4-3-5-8-14/h3-5,7-9H,2,6,10-12H2,1H3. The van der Waals surface area contributed by atoms with Crippen molar-refractivity contribution in [3.63, 3.8) is 0 Å². The molecule has 118 valence electrons. The van der Waals surface area contributed by atoms with Crippen molar-refractivity contribution in [3.05, 3.63) is 59.5 Å². The Bertz CT molecular complexity index is 792. The molecule has 1 aliphatic rings. The van der Waals surface area contributed by atoms with E-state index >= 15 is 0 Å². The van der Waals surface area contributed by atoms with E-state index in [-0.39, 0.29) is 0 Å². The highest BCUT2D eigenvalue weighted by molar-refractivity contribution is 5.36. The highest BCUT2D eigenvalue weighted by Crippen LogP contribution is 2.26. The van der Waals surface area contributed by atoms with Crippen molar-refractivity contribution in [2.45, 2.75) is 39.4 Å². The number of fused-ring (bicyclic) bond motifs is 1. The Balaban J connectivity index is 1.49. The van der Waals surface area contributed by atoms with Crippen LogP contribution in [0.15, 0.2) is 41.1 Å².